The van der Waals surface area contributed by atoms with Crippen molar-refractivity contribution >= 4 is 17.2 Å². The summed E-state index contributed by atoms with van der Waals surface area (Å²) in [6.45, 7) is 6.66. The average Bonchev–Trinajstić information content (AvgIpc) is 2.33. The van der Waals surface area contributed by atoms with Crippen LogP contribution in [0.25, 0.3) is 0 Å². The zero-order valence-corrected chi connectivity index (χ0v) is 12.4. The number of thiocarbonyl (C=S) groups is 1. The van der Waals surface area contributed by atoms with Crippen LogP contribution in [0.1, 0.15) is 65.2 Å². The number of hydrogen-bond acceptors (Lipinski definition) is 2. The van der Waals surface area contributed by atoms with E-state index in [4.69, 9.17) is 17.0 Å². The predicted molar refractivity (Wildman–Crippen MR) is 79.7 cm³/mol. The third-order valence-electron chi connectivity index (χ3n) is 2.78. The Morgan fingerprint density at radius 2 is 1.65 bits per heavy atom. The smallest absolute Gasteiger partial charge is 0.0754 e. The van der Waals surface area contributed by atoms with Crippen LogP contribution in [-0.2, 0) is 4.74 Å². The van der Waals surface area contributed by atoms with Gasteiger partial charge in [-0.2, -0.15) is 0 Å². The average molecular weight is 259 g/mol. The minimum absolute atomic E-state index is 0.758. The van der Waals surface area contributed by atoms with Gasteiger partial charge in [-0.05, 0) is 19.8 Å². The first-order valence-electron chi connectivity index (χ1n) is 7.15. The number of rotatable bonds is 12. The highest BCUT2D eigenvalue weighted by Gasteiger charge is 1.96. The highest BCUT2D eigenvalue weighted by Crippen LogP contribution is 2.08. The highest BCUT2D eigenvalue weighted by molar-refractivity contribution is 7.80. The van der Waals surface area contributed by atoms with Gasteiger partial charge in [0, 0.05) is 13.2 Å². The van der Waals surface area contributed by atoms with Crippen LogP contribution in [-0.4, -0.2) is 24.7 Å². The SMILES string of the molecule is CCCCCCCCCC(=S)NCCOCC. The molecule has 0 spiro atoms. The van der Waals surface area contributed by atoms with E-state index in [0.29, 0.717) is 0 Å². The fraction of sp³-hybridized carbons (Fsp3) is 0.929. The van der Waals surface area contributed by atoms with Crippen molar-refractivity contribution in [2.45, 2.75) is 65.2 Å². The maximum absolute atomic E-state index is 5.26. The van der Waals surface area contributed by atoms with Crippen molar-refractivity contribution in [2.24, 2.45) is 0 Å². The first-order chi connectivity index (χ1) is 8.31. The van der Waals surface area contributed by atoms with Crippen molar-refractivity contribution < 1.29 is 4.74 Å². The second-order valence-electron chi connectivity index (χ2n) is 4.42. The van der Waals surface area contributed by atoms with E-state index in [2.05, 4.69) is 12.2 Å². The first kappa shape index (κ1) is 16.9. The predicted octanol–water partition coefficient (Wildman–Crippen LogP) is 4.08. The van der Waals surface area contributed by atoms with Crippen molar-refractivity contribution in [3.8, 4) is 0 Å². The normalized spacial score (nSPS) is 10.5. The Kier molecular flexibility index (Phi) is 13.8. The summed E-state index contributed by atoms with van der Waals surface area (Å²) in [5, 5.41) is 3.24. The van der Waals surface area contributed by atoms with E-state index in [1.807, 2.05) is 6.92 Å². The van der Waals surface area contributed by atoms with E-state index >= 15 is 0 Å². The number of hydrogen-bond donors (Lipinski definition) is 1. The lowest BCUT2D eigenvalue weighted by atomic mass is 10.1. The van der Waals surface area contributed by atoms with E-state index in [-0.39, 0.29) is 0 Å². The molecule has 0 aliphatic rings. The van der Waals surface area contributed by atoms with Crippen LogP contribution in [0.2, 0.25) is 0 Å². The third kappa shape index (κ3) is 13.8. The van der Waals surface area contributed by atoms with Crippen LogP contribution < -0.4 is 5.32 Å². The maximum Gasteiger partial charge on any atom is 0.0754 e. The molecule has 0 radical (unpaired) electrons. The summed E-state index contributed by atoms with van der Waals surface area (Å²) in [7, 11) is 0. The Balaban J connectivity index is 3.11. The summed E-state index contributed by atoms with van der Waals surface area (Å²) in [5.74, 6) is 0. The first-order valence-corrected chi connectivity index (χ1v) is 7.56. The van der Waals surface area contributed by atoms with Crippen molar-refractivity contribution in [3.63, 3.8) is 0 Å². The molecule has 0 fully saturated rings. The van der Waals surface area contributed by atoms with Crippen molar-refractivity contribution in [1.82, 2.24) is 5.32 Å². The number of ether oxygens (including phenoxy) is 1. The van der Waals surface area contributed by atoms with Crippen LogP contribution in [0.3, 0.4) is 0 Å². The maximum atomic E-state index is 5.26. The molecule has 17 heavy (non-hydrogen) atoms. The van der Waals surface area contributed by atoms with Crippen LogP contribution in [0.15, 0.2) is 0 Å². The zero-order valence-electron chi connectivity index (χ0n) is 11.6. The van der Waals surface area contributed by atoms with Crippen LogP contribution >= 0.6 is 12.2 Å². The summed E-state index contributed by atoms with van der Waals surface area (Å²) in [5.41, 5.74) is 0. The molecule has 0 aliphatic carbocycles. The molecule has 0 unspecified atom stereocenters. The molecule has 0 rings (SSSR count). The number of nitrogens with one attached hydrogen (secondary N) is 1. The molecule has 3 heteroatoms. The van der Waals surface area contributed by atoms with E-state index < -0.39 is 0 Å². The molecule has 0 aromatic rings. The minimum Gasteiger partial charge on any atom is -0.380 e. The lowest BCUT2D eigenvalue weighted by molar-refractivity contribution is 0.152. The van der Waals surface area contributed by atoms with Gasteiger partial charge in [0.25, 0.3) is 0 Å². The molecular weight excluding hydrogens is 230 g/mol. The molecule has 0 saturated heterocycles. The summed E-state index contributed by atoms with van der Waals surface area (Å²) in [4.78, 5) is 0.998. The zero-order chi connectivity index (χ0) is 12.8. The Bertz CT molecular complexity index is 174. The van der Waals surface area contributed by atoms with Gasteiger partial charge in [-0.3, -0.25) is 0 Å². The molecule has 1 N–H and O–H groups in total. The third-order valence-corrected chi connectivity index (χ3v) is 3.13. The molecule has 0 atom stereocenters. The fourth-order valence-electron chi connectivity index (χ4n) is 1.74. The van der Waals surface area contributed by atoms with Gasteiger partial charge >= 0.3 is 0 Å². The van der Waals surface area contributed by atoms with Gasteiger partial charge in [0.15, 0.2) is 0 Å². The van der Waals surface area contributed by atoms with E-state index in [0.717, 1.165) is 31.2 Å². The molecule has 0 aromatic carbocycles. The molecule has 0 aromatic heterocycles. The number of unbranched alkanes of at least 4 members (excludes halogenated alkanes) is 6. The lowest BCUT2D eigenvalue weighted by Gasteiger charge is -2.07. The molecular formula is C14H29NOS. The van der Waals surface area contributed by atoms with Gasteiger partial charge in [0.1, 0.15) is 0 Å². The van der Waals surface area contributed by atoms with Crippen molar-refractivity contribution in [2.75, 3.05) is 19.8 Å². The molecule has 0 bridgehead atoms. The van der Waals surface area contributed by atoms with Gasteiger partial charge in [-0.25, -0.2) is 0 Å². The Morgan fingerprint density at radius 3 is 2.29 bits per heavy atom. The molecule has 0 heterocycles. The van der Waals surface area contributed by atoms with Crippen LogP contribution in [0.4, 0.5) is 0 Å². The Labute approximate surface area is 113 Å². The monoisotopic (exact) mass is 259 g/mol. The molecule has 2 nitrogen and oxygen atoms in total. The Morgan fingerprint density at radius 1 is 1.00 bits per heavy atom. The van der Waals surface area contributed by atoms with Crippen LogP contribution in [0.5, 0.6) is 0 Å². The van der Waals surface area contributed by atoms with Crippen LogP contribution in [0, 0.1) is 0 Å². The second kappa shape index (κ2) is 13.9. The Hall–Kier alpha value is -0.150. The standard InChI is InChI=1S/C14H29NOS/c1-3-5-6-7-8-9-10-11-14(17)15-12-13-16-4-2/h3-13H2,1-2H3,(H,15,17). The molecule has 102 valence electrons. The van der Waals surface area contributed by atoms with E-state index in [1.54, 1.807) is 0 Å². The van der Waals surface area contributed by atoms with Gasteiger partial charge in [-0.1, -0.05) is 57.7 Å². The fourth-order valence-corrected chi connectivity index (χ4v) is 1.98. The minimum atomic E-state index is 0.758. The highest BCUT2D eigenvalue weighted by atomic mass is 32.1. The summed E-state index contributed by atoms with van der Waals surface area (Å²) >= 11 is 5.26. The van der Waals surface area contributed by atoms with Crippen molar-refractivity contribution in [3.05, 3.63) is 0 Å². The van der Waals surface area contributed by atoms with Crippen molar-refractivity contribution in [1.29, 1.82) is 0 Å². The quantitative estimate of drug-likeness (QED) is 0.421. The van der Waals surface area contributed by atoms with Gasteiger partial charge < -0.3 is 10.1 Å². The van der Waals surface area contributed by atoms with Gasteiger partial charge in [-0.15, -0.1) is 0 Å². The summed E-state index contributed by atoms with van der Waals surface area (Å²) in [6, 6.07) is 0. The second-order valence-corrected chi connectivity index (χ2v) is 4.91. The van der Waals surface area contributed by atoms with E-state index in [1.165, 1.54) is 44.9 Å². The largest absolute Gasteiger partial charge is 0.380 e. The lowest BCUT2D eigenvalue weighted by Crippen LogP contribution is -2.25. The van der Waals surface area contributed by atoms with Gasteiger partial charge in [0.05, 0.1) is 11.6 Å². The summed E-state index contributed by atoms with van der Waals surface area (Å²) in [6.07, 6.45) is 10.4. The molecule has 0 amide bonds. The molecule has 0 saturated carbocycles. The molecule has 0 aliphatic heterocycles. The topological polar surface area (TPSA) is 21.3 Å². The van der Waals surface area contributed by atoms with E-state index in [9.17, 15) is 0 Å². The van der Waals surface area contributed by atoms with Gasteiger partial charge in [0.2, 0.25) is 0 Å². The summed E-state index contributed by atoms with van der Waals surface area (Å²) < 4.78 is 5.24.